The second kappa shape index (κ2) is 5.97. The fourth-order valence-corrected chi connectivity index (χ4v) is 3.23. The van der Waals surface area contributed by atoms with Gasteiger partial charge in [-0.05, 0) is 30.5 Å². The summed E-state index contributed by atoms with van der Waals surface area (Å²) in [5.41, 5.74) is 3.84. The van der Waals surface area contributed by atoms with Crippen LogP contribution in [0.25, 0.3) is 0 Å². The number of aryl methyl sites for hydroxylation is 2. The van der Waals surface area contributed by atoms with Gasteiger partial charge in [0.15, 0.2) is 5.82 Å². The lowest BCUT2D eigenvalue weighted by Gasteiger charge is -2.19. The van der Waals surface area contributed by atoms with Crippen LogP contribution in [0.5, 0.6) is 0 Å². The van der Waals surface area contributed by atoms with Crippen molar-refractivity contribution in [2.75, 3.05) is 18.1 Å². The third-order valence-corrected chi connectivity index (χ3v) is 4.70. The molecule has 106 valence electrons. The Kier molecular flexibility index (Phi) is 4.08. The van der Waals surface area contributed by atoms with Crippen molar-refractivity contribution < 1.29 is 4.52 Å². The zero-order chi connectivity index (χ0) is 13.9. The largest absolute Gasteiger partial charge is 0.338 e. The minimum atomic E-state index is 0.203. The molecule has 2 aromatic rings. The second-order valence-electron chi connectivity index (χ2n) is 5.23. The highest BCUT2D eigenvalue weighted by molar-refractivity contribution is 7.99. The molecule has 0 saturated carbocycles. The van der Waals surface area contributed by atoms with Gasteiger partial charge >= 0.3 is 0 Å². The van der Waals surface area contributed by atoms with Gasteiger partial charge in [0.1, 0.15) is 0 Å². The van der Waals surface area contributed by atoms with E-state index in [1.807, 2.05) is 11.8 Å². The third-order valence-electron chi connectivity index (χ3n) is 3.64. The number of nitrogens with zero attached hydrogens (tertiary/aromatic N) is 2. The maximum Gasteiger partial charge on any atom is 0.244 e. The molecule has 1 aromatic heterocycles. The van der Waals surface area contributed by atoms with E-state index in [0.29, 0.717) is 0 Å². The molecule has 0 aliphatic carbocycles. The third kappa shape index (κ3) is 3.04. The summed E-state index contributed by atoms with van der Waals surface area (Å²) in [6.07, 6.45) is 0.727. The Morgan fingerprint density at radius 2 is 2.25 bits per heavy atom. The molecule has 0 bridgehead atoms. The first-order chi connectivity index (χ1) is 9.72. The van der Waals surface area contributed by atoms with Gasteiger partial charge in [-0.1, -0.05) is 23.4 Å². The number of nitrogens with one attached hydrogen (secondary N) is 1. The van der Waals surface area contributed by atoms with E-state index in [9.17, 15) is 0 Å². The van der Waals surface area contributed by atoms with Gasteiger partial charge in [0.2, 0.25) is 5.89 Å². The molecule has 2 heterocycles. The van der Waals surface area contributed by atoms with E-state index < -0.39 is 0 Å². The number of thioether (sulfide) groups is 1. The molecular formula is C15H19N3OS. The van der Waals surface area contributed by atoms with Crippen LogP contribution in [0.1, 0.15) is 34.4 Å². The highest BCUT2D eigenvalue weighted by atomic mass is 32.2. The van der Waals surface area contributed by atoms with Crippen LogP contribution in [-0.2, 0) is 6.42 Å². The van der Waals surface area contributed by atoms with Crippen molar-refractivity contribution in [1.29, 1.82) is 0 Å². The van der Waals surface area contributed by atoms with Gasteiger partial charge in [-0.25, -0.2) is 0 Å². The summed E-state index contributed by atoms with van der Waals surface area (Å²) in [5.74, 6) is 3.64. The highest BCUT2D eigenvalue weighted by Crippen LogP contribution is 2.21. The normalized spacial score (nSPS) is 19.2. The van der Waals surface area contributed by atoms with E-state index in [2.05, 4.69) is 47.5 Å². The molecule has 20 heavy (non-hydrogen) atoms. The first-order valence-electron chi connectivity index (χ1n) is 6.92. The van der Waals surface area contributed by atoms with E-state index in [-0.39, 0.29) is 6.04 Å². The van der Waals surface area contributed by atoms with Crippen molar-refractivity contribution in [3.05, 3.63) is 46.6 Å². The Hall–Kier alpha value is -1.33. The predicted octanol–water partition coefficient (Wildman–Crippen LogP) is 2.65. The molecule has 1 atom stereocenters. The van der Waals surface area contributed by atoms with Crippen LogP contribution >= 0.6 is 11.8 Å². The molecule has 1 aliphatic rings. The van der Waals surface area contributed by atoms with Gasteiger partial charge in [-0.15, -0.1) is 0 Å². The second-order valence-corrected chi connectivity index (χ2v) is 6.38. The van der Waals surface area contributed by atoms with Gasteiger partial charge in [0, 0.05) is 24.5 Å². The first kappa shape index (κ1) is 13.6. The molecule has 0 radical (unpaired) electrons. The van der Waals surface area contributed by atoms with Crippen molar-refractivity contribution in [2.45, 2.75) is 26.3 Å². The van der Waals surface area contributed by atoms with E-state index in [4.69, 9.17) is 4.52 Å². The van der Waals surface area contributed by atoms with Crippen LogP contribution in [0, 0.1) is 13.8 Å². The van der Waals surface area contributed by atoms with Crippen LogP contribution in [0.4, 0.5) is 0 Å². The SMILES string of the molecule is Cc1ccc(Cc2noc(C3CSCCN3)n2)cc1C. The molecule has 5 heteroatoms. The van der Waals surface area contributed by atoms with E-state index in [1.165, 1.54) is 16.7 Å². The van der Waals surface area contributed by atoms with E-state index >= 15 is 0 Å². The smallest absolute Gasteiger partial charge is 0.244 e. The Bertz CT molecular complexity index is 591. The molecule has 0 spiro atoms. The van der Waals surface area contributed by atoms with Gasteiger partial charge in [0.05, 0.1) is 6.04 Å². The maximum atomic E-state index is 5.39. The summed E-state index contributed by atoms with van der Waals surface area (Å²) in [5, 5.41) is 7.52. The Balaban J connectivity index is 1.71. The Morgan fingerprint density at radius 1 is 1.35 bits per heavy atom. The van der Waals surface area contributed by atoms with Crippen LogP contribution in [0.15, 0.2) is 22.7 Å². The molecule has 1 fully saturated rings. The molecule has 1 aliphatic heterocycles. The quantitative estimate of drug-likeness (QED) is 0.941. The topological polar surface area (TPSA) is 51.0 Å². The molecule has 3 rings (SSSR count). The van der Waals surface area contributed by atoms with Crippen molar-refractivity contribution in [3.8, 4) is 0 Å². The van der Waals surface area contributed by atoms with Crippen LogP contribution < -0.4 is 5.32 Å². The lowest BCUT2D eigenvalue weighted by Crippen LogP contribution is -2.30. The minimum Gasteiger partial charge on any atom is -0.338 e. The lowest BCUT2D eigenvalue weighted by atomic mass is 10.0. The van der Waals surface area contributed by atoms with E-state index in [0.717, 1.165) is 36.2 Å². The number of aromatic nitrogens is 2. The summed E-state index contributed by atoms with van der Waals surface area (Å²) < 4.78 is 5.39. The number of hydrogen-bond donors (Lipinski definition) is 1. The Morgan fingerprint density at radius 3 is 3.00 bits per heavy atom. The molecule has 1 aromatic carbocycles. The summed E-state index contributed by atoms with van der Waals surface area (Å²) in [4.78, 5) is 4.53. The van der Waals surface area contributed by atoms with Crippen molar-refractivity contribution in [3.63, 3.8) is 0 Å². The molecule has 4 nitrogen and oxygen atoms in total. The minimum absolute atomic E-state index is 0.203. The summed E-state index contributed by atoms with van der Waals surface area (Å²) in [6.45, 7) is 5.26. The zero-order valence-electron chi connectivity index (χ0n) is 11.8. The van der Waals surface area contributed by atoms with Crippen LogP contribution in [-0.4, -0.2) is 28.2 Å². The lowest BCUT2D eigenvalue weighted by molar-refractivity contribution is 0.339. The molecule has 0 amide bonds. The number of hydrogen-bond acceptors (Lipinski definition) is 5. The van der Waals surface area contributed by atoms with E-state index in [1.54, 1.807) is 0 Å². The number of benzene rings is 1. The monoisotopic (exact) mass is 289 g/mol. The van der Waals surface area contributed by atoms with Crippen LogP contribution in [0.3, 0.4) is 0 Å². The average molecular weight is 289 g/mol. The average Bonchev–Trinajstić information content (AvgIpc) is 2.92. The number of rotatable bonds is 3. The predicted molar refractivity (Wildman–Crippen MR) is 81.1 cm³/mol. The summed E-state index contributed by atoms with van der Waals surface area (Å²) >= 11 is 1.92. The summed E-state index contributed by atoms with van der Waals surface area (Å²) in [6, 6.07) is 6.67. The highest BCUT2D eigenvalue weighted by Gasteiger charge is 2.21. The first-order valence-corrected chi connectivity index (χ1v) is 8.07. The summed E-state index contributed by atoms with van der Waals surface area (Å²) in [7, 11) is 0. The van der Waals surface area contributed by atoms with Gasteiger partial charge in [-0.2, -0.15) is 16.7 Å². The fraction of sp³-hybridized carbons (Fsp3) is 0.467. The maximum absolute atomic E-state index is 5.39. The van der Waals surface area contributed by atoms with Crippen molar-refractivity contribution in [1.82, 2.24) is 15.5 Å². The molecule has 1 N–H and O–H groups in total. The van der Waals surface area contributed by atoms with Crippen molar-refractivity contribution >= 4 is 11.8 Å². The fourth-order valence-electron chi connectivity index (χ4n) is 2.30. The standard InChI is InChI=1S/C15H19N3OS/c1-10-3-4-12(7-11(10)2)8-14-17-15(19-18-14)13-9-20-6-5-16-13/h3-4,7,13,16H,5-6,8-9H2,1-2H3. The zero-order valence-corrected chi connectivity index (χ0v) is 12.7. The molecule has 1 unspecified atom stereocenters. The van der Waals surface area contributed by atoms with Crippen LogP contribution in [0.2, 0.25) is 0 Å². The molecular weight excluding hydrogens is 270 g/mol. The van der Waals surface area contributed by atoms with Gasteiger partial charge in [-0.3, -0.25) is 0 Å². The van der Waals surface area contributed by atoms with Gasteiger partial charge < -0.3 is 9.84 Å². The van der Waals surface area contributed by atoms with Gasteiger partial charge in [0.25, 0.3) is 0 Å². The Labute approximate surface area is 123 Å². The molecule has 1 saturated heterocycles. The van der Waals surface area contributed by atoms with Crippen molar-refractivity contribution in [2.24, 2.45) is 0 Å².